The van der Waals surface area contributed by atoms with Gasteiger partial charge in [0.25, 0.3) is 0 Å². The third-order valence-corrected chi connectivity index (χ3v) is 7.57. The fourth-order valence-corrected chi connectivity index (χ4v) is 6.11. The van der Waals surface area contributed by atoms with Gasteiger partial charge in [0.15, 0.2) is 0 Å². The molecule has 0 radical (unpaired) electrons. The van der Waals surface area contributed by atoms with Crippen LogP contribution in [0.2, 0.25) is 0 Å². The molecule has 0 bridgehead atoms. The van der Waals surface area contributed by atoms with Crippen LogP contribution in [0.25, 0.3) is 32.7 Å². The quantitative estimate of drug-likeness (QED) is 0.208. The molecule has 1 aliphatic rings. The molecule has 0 amide bonds. The number of nitrogens with zero attached hydrogens (tertiary/aromatic N) is 2. The molecule has 4 nitrogen and oxygen atoms in total. The highest BCUT2D eigenvalue weighted by molar-refractivity contribution is 6.08. The zero-order valence-corrected chi connectivity index (χ0v) is 20.6. The van der Waals surface area contributed by atoms with Crippen molar-refractivity contribution in [2.24, 2.45) is 0 Å². The third-order valence-electron chi connectivity index (χ3n) is 7.57. The highest BCUT2D eigenvalue weighted by Gasteiger charge is 2.24. The molecule has 4 heteroatoms. The van der Waals surface area contributed by atoms with E-state index in [2.05, 4.69) is 82.8 Å². The molecule has 0 aliphatic heterocycles. The molecule has 6 rings (SSSR count). The van der Waals surface area contributed by atoms with Crippen LogP contribution in [0.4, 0.5) is 0 Å². The van der Waals surface area contributed by atoms with Gasteiger partial charge in [-0.05, 0) is 62.4 Å². The third kappa shape index (κ3) is 3.91. The minimum absolute atomic E-state index is 0.228. The summed E-state index contributed by atoms with van der Waals surface area (Å²) in [5, 5.41) is 3.85. The minimum atomic E-state index is -0.268. The van der Waals surface area contributed by atoms with Crippen molar-refractivity contribution in [2.45, 2.75) is 65.1 Å². The first-order chi connectivity index (χ1) is 17.1. The number of ether oxygens (including phenoxy) is 1. The Morgan fingerprint density at radius 1 is 0.800 bits per heavy atom. The summed E-state index contributed by atoms with van der Waals surface area (Å²) in [7, 11) is 0. The second-order valence-corrected chi connectivity index (χ2v) is 9.99. The summed E-state index contributed by atoms with van der Waals surface area (Å²) < 4.78 is 10.8. The van der Waals surface area contributed by atoms with E-state index in [0.717, 1.165) is 12.8 Å². The molecular weight excluding hydrogens is 432 g/mol. The lowest BCUT2D eigenvalue weighted by Crippen LogP contribution is -2.28. The summed E-state index contributed by atoms with van der Waals surface area (Å²) >= 11 is 0. The first kappa shape index (κ1) is 22.0. The number of esters is 1. The van der Waals surface area contributed by atoms with E-state index < -0.39 is 0 Å². The molecule has 0 fully saturated rings. The van der Waals surface area contributed by atoms with Crippen molar-refractivity contribution in [3.05, 3.63) is 83.6 Å². The average Bonchev–Trinajstić information content (AvgIpc) is 3.17. The molecule has 1 unspecified atom stereocenters. The highest BCUT2D eigenvalue weighted by atomic mass is 16.5. The zero-order chi connectivity index (χ0) is 23.9. The van der Waals surface area contributed by atoms with Gasteiger partial charge >= 0.3 is 5.97 Å². The molecule has 0 N–H and O–H groups in total. The number of carbonyl (C=O) groups is 1. The van der Waals surface area contributed by atoms with E-state index in [1.165, 1.54) is 75.7 Å². The van der Waals surface area contributed by atoms with Crippen LogP contribution in [0.3, 0.4) is 0 Å². The van der Waals surface area contributed by atoms with Crippen LogP contribution in [-0.2, 0) is 35.5 Å². The van der Waals surface area contributed by atoms with Crippen LogP contribution >= 0.6 is 0 Å². The van der Waals surface area contributed by atoms with Gasteiger partial charge in [0, 0.05) is 45.3 Å². The van der Waals surface area contributed by atoms with Crippen LogP contribution in [0, 0.1) is 6.92 Å². The number of hydrogen-bond acceptors (Lipinski definition) is 2. The summed E-state index contributed by atoms with van der Waals surface area (Å²) in [5.74, 6) is -0.228. The number of benzene rings is 3. The summed E-state index contributed by atoms with van der Waals surface area (Å²) in [5.41, 5.74) is 7.85. The van der Waals surface area contributed by atoms with Gasteiger partial charge in [0.2, 0.25) is 0 Å². The molecule has 5 aromatic rings. The van der Waals surface area contributed by atoms with Gasteiger partial charge < -0.3 is 13.9 Å². The molecular formula is C31H32N2O2. The predicted octanol–water partition coefficient (Wildman–Crippen LogP) is 6.96. The van der Waals surface area contributed by atoms with Gasteiger partial charge in [-0.15, -0.1) is 0 Å². The van der Waals surface area contributed by atoms with Gasteiger partial charge in [-0.2, -0.15) is 0 Å². The van der Waals surface area contributed by atoms with Crippen molar-refractivity contribution in [1.29, 1.82) is 0 Å². The Morgan fingerprint density at radius 3 is 2.14 bits per heavy atom. The van der Waals surface area contributed by atoms with E-state index in [0.29, 0.717) is 13.1 Å². The van der Waals surface area contributed by atoms with Crippen LogP contribution in [0.5, 0.6) is 0 Å². The second-order valence-electron chi connectivity index (χ2n) is 9.99. The van der Waals surface area contributed by atoms with Crippen LogP contribution in [0.1, 0.15) is 43.0 Å². The lowest BCUT2D eigenvalue weighted by molar-refractivity contribution is -0.147. The number of fused-ring (bicyclic) bond motifs is 6. The van der Waals surface area contributed by atoms with Gasteiger partial charge in [-0.25, -0.2) is 0 Å². The first-order valence-corrected chi connectivity index (χ1v) is 12.8. The maximum absolute atomic E-state index is 12.2. The second kappa shape index (κ2) is 8.92. The lowest BCUT2D eigenvalue weighted by Gasteiger charge is -2.22. The van der Waals surface area contributed by atoms with Gasteiger partial charge in [-0.1, -0.05) is 54.4 Å². The van der Waals surface area contributed by atoms with Crippen LogP contribution in [-0.4, -0.2) is 21.2 Å². The largest absolute Gasteiger partial charge is 0.459 e. The fraction of sp³-hybridized carbons (Fsp3) is 0.323. The fourth-order valence-electron chi connectivity index (χ4n) is 6.11. The minimum Gasteiger partial charge on any atom is -0.459 e. The smallest absolute Gasteiger partial charge is 0.303 e. The number of rotatable bonds is 5. The number of hydrogen-bond donors (Lipinski definition) is 0. The van der Waals surface area contributed by atoms with Crippen LogP contribution < -0.4 is 0 Å². The molecule has 3 aromatic carbocycles. The zero-order valence-electron chi connectivity index (χ0n) is 20.6. The van der Waals surface area contributed by atoms with Crippen molar-refractivity contribution in [2.75, 3.05) is 0 Å². The maximum Gasteiger partial charge on any atom is 0.303 e. The molecule has 2 heterocycles. The van der Waals surface area contributed by atoms with Gasteiger partial charge in [0.05, 0.1) is 13.1 Å². The molecule has 1 atom stereocenters. The summed E-state index contributed by atoms with van der Waals surface area (Å²) in [6.45, 7) is 4.98. The van der Waals surface area contributed by atoms with Gasteiger partial charge in [-0.3, -0.25) is 4.79 Å². The van der Waals surface area contributed by atoms with Crippen molar-refractivity contribution in [1.82, 2.24) is 9.13 Å². The molecule has 0 saturated carbocycles. The van der Waals surface area contributed by atoms with Crippen molar-refractivity contribution >= 4 is 38.7 Å². The van der Waals surface area contributed by atoms with E-state index in [4.69, 9.17) is 4.74 Å². The average molecular weight is 465 g/mol. The summed E-state index contributed by atoms with van der Waals surface area (Å²) in [4.78, 5) is 12.2. The molecule has 1 aliphatic carbocycles. The Morgan fingerprint density at radius 2 is 1.43 bits per heavy atom. The summed E-state index contributed by atoms with van der Waals surface area (Å²) in [6.07, 6.45) is 5.69. The molecule has 178 valence electrons. The number of aromatic nitrogens is 2. The van der Waals surface area contributed by atoms with Crippen molar-refractivity contribution in [3.63, 3.8) is 0 Å². The maximum atomic E-state index is 12.2. The molecule has 0 spiro atoms. The summed E-state index contributed by atoms with van der Waals surface area (Å²) in [6, 6.07) is 23.8. The van der Waals surface area contributed by atoms with Crippen molar-refractivity contribution < 1.29 is 9.53 Å². The topological polar surface area (TPSA) is 36.2 Å². The van der Waals surface area contributed by atoms with E-state index in [1.807, 2.05) is 0 Å². The molecule has 0 saturated heterocycles. The Bertz CT molecular complexity index is 1500. The SMILES string of the molecule is CC(=O)OC(Cn1c2c(c3cc(C)ccc31)CCCCC2)Cn1c2ccccc2c2ccccc21. The number of carbonyl (C=O) groups excluding carboxylic acids is 1. The Balaban J connectivity index is 1.46. The van der Waals surface area contributed by atoms with E-state index in [-0.39, 0.29) is 12.1 Å². The monoisotopic (exact) mass is 464 g/mol. The Labute approximate surface area is 206 Å². The van der Waals surface area contributed by atoms with Gasteiger partial charge in [0.1, 0.15) is 6.10 Å². The number of aryl methyl sites for hydroxylation is 2. The molecule has 2 aromatic heterocycles. The highest BCUT2D eigenvalue weighted by Crippen LogP contribution is 2.34. The lowest BCUT2D eigenvalue weighted by atomic mass is 10.0. The predicted molar refractivity (Wildman–Crippen MR) is 143 cm³/mol. The first-order valence-electron chi connectivity index (χ1n) is 12.8. The van der Waals surface area contributed by atoms with E-state index in [1.54, 1.807) is 0 Å². The Hall–Kier alpha value is -3.53. The van der Waals surface area contributed by atoms with E-state index >= 15 is 0 Å². The standard InChI is InChI=1S/C31H32N2O2/c1-21-16-17-31-27(18-21)26-10-4-3-5-13-30(26)33(31)20-23(35-22(2)34)19-32-28-14-8-6-11-24(28)25-12-7-9-15-29(25)32/h6-9,11-12,14-18,23H,3-5,10,13,19-20H2,1-2H3. The normalized spacial score (nSPS) is 14.8. The van der Waals surface area contributed by atoms with E-state index in [9.17, 15) is 4.79 Å². The molecule has 35 heavy (non-hydrogen) atoms. The Kier molecular flexibility index (Phi) is 5.60. The van der Waals surface area contributed by atoms with Crippen molar-refractivity contribution in [3.8, 4) is 0 Å². The van der Waals surface area contributed by atoms with Crippen LogP contribution in [0.15, 0.2) is 66.7 Å². The number of para-hydroxylation sites is 2.